The van der Waals surface area contributed by atoms with Crippen molar-refractivity contribution in [1.82, 2.24) is 10.3 Å². The number of methoxy groups -OCH3 is 1. The quantitative estimate of drug-likeness (QED) is 0.508. The highest BCUT2D eigenvalue weighted by Crippen LogP contribution is 2.22. The minimum absolute atomic E-state index is 0.160. The first-order valence-electron chi connectivity index (χ1n) is 6.76. The molecule has 0 aliphatic carbocycles. The van der Waals surface area contributed by atoms with Crippen LogP contribution in [0.4, 0.5) is 0 Å². The lowest BCUT2D eigenvalue weighted by Gasteiger charge is -2.29. The molecule has 116 valence electrons. The van der Waals surface area contributed by atoms with Gasteiger partial charge >= 0.3 is 0 Å². The largest absolute Gasteiger partial charge is 0.497 e. The number of benzene rings is 1. The summed E-state index contributed by atoms with van der Waals surface area (Å²) in [5.74, 6) is -0.824. The maximum Gasteiger partial charge on any atom is 0.275 e. The second-order valence-corrected chi connectivity index (χ2v) is 4.94. The van der Waals surface area contributed by atoms with Crippen LogP contribution < -0.4 is 10.1 Å². The number of imide groups is 1. The summed E-state index contributed by atoms with van der Waals surface area (Å²) in [6, 6.07) is 4.23. The summed E-state index contributed by atoms with van der Waals surface area (Å²) < 4.78 is 5.11. The lowest BCUT2D eigenvalue weighted by atomic mass is 10.0. The Bertz CT molecular complexity index is 642. The number of aryl methyl sites for hydroxylation is 1. The van der Waals surface area contributed by atoms with Crippen molar-refractivity contribution in [3.63, 3.8) is 0 Å². The molecule has 0 spiro atoms. The Balaban J connectivity index is 2.31. The van der Waals surface area contributed by atoms with Crippen LogP contribution in [0.3, 0.4) is 0 Å². The number of ether oxygens (including phenoxy) is 1. The van der Waals surface area contributed by atoms with Crippen LogP contribution in [-0.2, 0) is 9.59 Å². The third-order valence-corrected chi connectivity index (χ3v) is 3.54. The Hall–Kier alpha value is -2.70. The van der Waals surface area contributed by atoms with Gasteiger partial charge in [-0.25, -0.2) is 5.01 Å². The van der Waals surface area contributed by atoms with E-state index in [1.807, 2.05) is 0 Å². The number of rotatable bonds is 4. The molecule has 1 unspecified atom stereocenters. The Morgan fingerprint density at radius 2 is 2.18 bits per heavy atom. The zero-order valence-corrected chi connectivity index (χ0v) is 12.5. The van der Waals surface area contributed by atoms with Gasteiger partial charge in [-0.15, -0.1) is 0 Å². The first-order valence-corrected chi connectivity index (χ1v) is 6.76. The normalized spacial score (nSPS) is 17.6. The summed E-state index contributed by atoms with van der Waals surface area (Å²) in [6.07, 6.45) is 0.380. The summed E-state index contributed by atoms with van der Waals surface area (Å²) in [4.78, 5) is 35.8. The third-order valence-electron chi connectivity index (χ3n) is 3.54. The van der Waals surface area contributed by atoms with Gasteiger partial charge in [-0.2, -0.15) is 5.10 Å². The van der Waals surface area contributed by atoms with Crippen molar-refractivity contribution in [3.05, 3.63) is 29.3 Å². The molecule has 0 bridgehead atoms. The fourth-order valence-corrected chi connectivity index (χ4v) is 2.30. The highest BCUT2D eigenvalue weighted by molar-refractivity contribution is 6.04. The van der Waals surface area contributed by atoms with Gasteiger partial charge in [0, 0.05) is 18.7 Å². The maximum atomic E-state index is 12.7. The molecule has 1 N–H and O–H groups in total. The van der Waals surface area contributed by atoms with Crippen molar-refractivity contribution in [2.75, 3.05) is 7.11 Å². The number of piperidine rings is 1. The lowest BCUT2D eigenvalue weighted by molar-refractivity contribution is -0.136. The highest BCUT2D eigenvalue weighted by Gasteiger charge is 2.35. The molecule has 7 heteroatoms. The number of nitrogens with zero attached hydrogens (tertiary/aromatic N) is 2. The number of hydrogen-bond donors (Lipinski definition) is 1. The standard InChI is InChI=1S/C15H17N3O4/c1-9-4-5-10(22-3)8-11(9)15(21)18(16-2)12-6-7-13(19)17-14(12)20/h4-5,8,12H,2,6-7H2,1,3H3,(H,17,19,20). The van der Waals surface area contributed by atoms with Crippen molar-refractivity contribution >= 4 is 24.4 Å². The zero-order valence-electron chi connectivity index (χ0n) is 12.5. The monoisotopic (exact) mass is 303 g/mol. The van der Waals surface area contributed by atoms with Crippen LogP contribution in [0.1, 0.15) is 28.8 Å². The molecule has 0 saturated carbocycles. The molecule has 2 rings (SSSR count). The molecule has 1 heterocycles. The molecule has 0 aromatic heterocycles. The van der Waals surface area contributed by atoms with Gasteiger partial charge in [0.05, 0.1) is 7.11 Å². The predicted molar refractivity (Wildman–Crippen MR) is 79.6 cm³/mol. The van der Waals surface area contributed by atoms with E-state index in [2.05, 4.69) is 17.1 Å². The summed E-state index contributed by atoms with van der Waals surface area (Å²) in [5, 5.41) is 6.90. The summed E-state index contributed by atoms with van der Waals surface area (Å²) >= 11 is 0. The second kappa shape index (κ2) is 6.38. The van der Waals surface area contributed by atoms with E-state index >= 15 is 0 Å². The van der Waals surface area contributed by atoms with Crippen LogP contribution in [0.2, 0.25) is 0 Å². The maximum absolute atomic E-state index is 12.7. The van der Waals surface area contributed by atoms with E-state index in [1.54, 1.807) is 25.1 Å². The van der Waals surface area contributed by atoms with E-state index in [4.69, 9.17) is 4.74 Å². The first-order chi connectivity index (χ1) is 10.5. The topological polar surface area (TPSA) is 88.1 Å². The molecule has 1 aromatic rings. The van der Waals surface area contributed by atoms with Crippen molar-refractivity contribution < 1.29 is 19.1 Å². The highest BCUT2D eigenvalue weighted by atomic mass is 16.5. The van der Waals surface area contributed by atoms with Gasteiger partial charge in [-0.05, 0) is 31.0 Å². The molecular weight excluding hydrogens is 286 g/mol. The van der Waals surface area contributed by atoms with Crippen LogP contribution in [0.5, 0.6) is 5.75 Å². The number of hydrazone groups is 1. The van der Waals surface area contributed by atoms with Gasteiger partial charge < -0.3 is 4.74 Å². The van der Waals surface area contributed by atoms with Crippen LogP contribution >= 0.6 is 0 Å². The first kappa shape index (κ1) is 15.7. The third kappa shape index (κ3) is 2.98. The van der Waals surface area contributed by atoms with Crippen LogP contribution in [-0.4, -0.2) is 42.6 Å². The molecule has 1 aliphatic heterocycles. The van der Waals surface area contributed by atoms with Crippen LogP contribution in [0.15, 0.2) is 23.3 Å². The number of amides is 3. The minimum Gasteiger partial charge on any atom is -0.497 e. The van der Waals surface area contributed by atoms with Gasteiger partial charge in [0.2, 0.25) is 5.91 Å². The van der Waals surface area contributed by atoms with Gasteiger partial charge in [-0.3, -0.25) is 19.7 Å². The lowest BCUT2D eigenvalue weighted by Crippen LogP contribution is -2.52. The summed E-state index contributed by atoms with van der Waals surface area (Å²) in [7, 11) is 1.50. The van der Waals surface area contributed by atoms with E-state index in [0.29, 0.717) is 11.3 Å². The predicted octanol–water partition coefficient (Wildman–Crippen LogP) is 0.867. The Morgan fingerprint density at radius 1 is 1.45 bits per heavy atom. The molecule has 0 radical (unpaired) electrons. The number of hydrogen-bond acceptors (Lipinski definition) is 5. The molecule has 7 nitrogen and oxygen atoms in total. The van der Waals surface area contributed by atoms with Crippen molar-refractivity contribution in [2.45, 2.75) is 25.8 Å². The van der Waals surface area contributed by atoms with E-state index in [9.17, 15) is 14.4 Å². The van der Waals surface area contributed by atoms with Crippen LogP contribution in [0, 0.1) is 6.92 Å². The van der Waals surface area contributed by atoms with E-state index in [0.717, 1.165) is 10.6 Å². The molecule has 1 aliphatic rings. The number of nitrogens with one attached hydrogen (secondary N) is 1. The van der Waals surface area contributed by atoms with Gasteiger partial charge in [0.1, 0.15) is 11.8 Å². The van der Waals surface area contributed by atoms with E-state index in [-0.39, 0.29) is 18.7 Å². The summed E-state index contributed by atoms with van der Waals surface area (Å²) in [5.41, 5.74) is 1.10. The minimum atomic E-state index is -0.840. The molecule has 3 amide bonds. The molecule has 1 saturated heterocycles. The Morgan fingerprint density at radius 3 is 2.77 bits per heavy atom. The fraction of sp³-hybridized carbons (Fsp3) is 0.333. The molecule has 22 heavy (non-hydrogen) atoms. The van der Waals surface area contributed by atoms with Crippen molar-refractivity contribution in [2.24, 2.45) is 5.10 Å². The fourth-order valence-electron chi connectivity index (χ4n) is 2.30. The van der Waals surface area contributed by atoms with Crippen molar-refractivity contribution in [3.8, 4) is 5.75 Å². The smallest absolute Gasteiger partial charge is 0.275 e. The van der Waals surface area contributed by atoms with Crippen LogP contribution in [0.25, 0.3) is 0 Å². The molecular formula is C15H17N3O4. The van der Waals surface area contributed by atoms with Crippen molar-refractivity contribution in [1.29, 1.82) is 0 Å². The summed E-state index contributed by atoms with van der Waals surface area (Å²) in [6.45, 7) is 5.14. The van der Waals surface area contributed by atoms with Gasteiger partial charge in [0.15, 0.2) is 0 Å². The average Bonchev–Trinajstić information content (AvgIpc) is 2.50. The second-order valence-electron chi connectivity index (χ2n) is 4.94. The van der Waals surface area contributed by atoms with Gasteiger partial charge in [-0.1, -0.05) is 6.07 Å². The number of carbonyl (C=O) groups is 3. The SMILES string of the molecule is C=NN(C(=O)c1cc(OC)ccc1C)C1CCC(=O)NC1=O. The molecule has 1 fully saturated rings. The molecule has 1 aromatic carbocycles. The number of carbonyl (C=O) groups excluding carboxylic acids is 3. The van der Waals surface area contributed by atoms with Gasteiger partial charge in [0.25, 0.3) is 11.8 Å². The Labute approximate surface area is 127 Å². The Kier molecular flexibility index (Phi) is 4.55. The van der Waals surface area contributed by atoms with E-state index < -0.39 is 17.9 Å². The average molecular weight is 303 g/mol. The van der Waals surface area contributed by atoms with E-state index in [1.165, 1.54) is 7.11 Å². The zero-order chi connectivity index (χ0) is 16.3. The molecule has 1 atom stereocenters.